The minimum Gasteiger partial charge on any atom is -0.497 e. The van der Waals surface area contributed by atoms with Crippen LogP contribution in [0.5, 0.6) is 11.5 Å². The third kappa shape index (κ3) is 4.12. The van der Waals surface area contributed by atoms with Crippen molar-refractivity contribution in [2.24, 2.45) is 0 Å². The van der Waals surface area contributed by atoms with Crippen molar-refractivity contribution in [2.45, 2.75) is 0 Å². The maximum absolute atomic E-state index is 13.2. The Morgan fingerprint density at radius 2 is 1.96 bits per heavy atom. The maximum atomic E-state index is 13.2. The van der Waals surface area contributed by atoms with Gasteiger partial charge in [0.1, 0.15) is 23.9 Å². The molecule has 0 aliphatic carbocycles. The number of methoxy groups -OCH3 is 2. The highest BCUT2D eigenvalue weighted by atomic mass is 35.5. The summed E-state index contributed by atoms with van der Waals surface area (Å²) in [6, 6.07) is 8.72. The van der Waals surface area contributed by atoms with Crippen molar-refractivity contribution in [3.63, 3.8) is 0 Å². The lowest BCUT2D eigenvalue weighted by Crippen LogP contribution is -2.37. The van der Waals surface area contributed by atoms with Crippen LogP contribution >= 0.6 is 11.6 Å². The second-order valence-corrected chi connectivity index (χ2v) is 6.48. The minimum absolute atomic E-state index is 0.0913. The van der Waals surface area contributed by atoms with Crippen molar-refractivity contribution >= 4 is 34.9 Å². The van der Waals surface area contributed by atoms with E-state index >= 15 is 0 Å². The van der Waals surface area contributed by atoms with Gasteiger partial charge in [-0.1, -0.05) is 11.6 Å². The number of ether oxygens (including phenoxy) is 2. The molecule has 1 N–H and O–H groups in total. The smallest absolute Gasteiger partial charge is 0.325 e. The van der Waals surface area contributed by atoms with Gasteiger partial charge in [0.25, 0.3) is 0 Å². The fourth-order valence-electron chi connectivity index (χ4n) is 2.91. The Kier molecular flexibility index (Phi) is 5.89. The molecule has 1 aliphatic heterocycles. The van der Waals surface area contributed by atoms with E-state index in [1.54, 1.807) is 18.2 Å². The van der Waals surface area contributed by atoms with Gasteiger partial charge in [0.05, 0.1) is 24.9 Å². The Bertz CT molecular complexity index is 909. The molecule has 2 aromatic rings. The average molecular weight is 408 g/mol. The zero-order valence-electron chi connectivity index (χ0n) is 15.4. The van der Waals surface area contributed by atoms with Crippen molar-refractivity contribution in [1.29, 1.82) is 0 Å². The van der Waals surface area contributed by atoms with Gasteiger partial charge in [-0.05, 0) is 30.3 Å². The minimum atomic E-state index is -0.572. The fraction of sp³-hybridized carbons (Fsp3) is 0.263. The summed E-state index contributed by atoms with van der Waals surface area (Å²) in [6.07, 6.45) is 0. The number of benzene rings is 2. The molecule has 0 saturated carbocycles. The van der Waals surface area contributed by atoms with Gasteiger partial charge in [-0.3, -0.25) is 9.69 Å². The zero-order valence-corrected chi connectivity index (χ0v) is 16.1. The molecule has 148 valence electrons. The summed E-state index contributed by atoms with van der Waals surface area (Å²) in [5, 5.41) is 2.51. The van der Waals surface area contributed by atoms with Gasteiger partial charge in [0.15, 0.2) is 0 Å². The average Bonchev–Trinajstić information content (AvgIpc) is 3.04. The molecule has 3 amide bonds. The van der Waals surface area contributed by atoms with Crippen LogP contribution in [0.25, 0.3) is 0 Å². The van der Waals surface area contributed by atoms with Crippen molar-refractivity contribution < 1.29 is 23.5 Å². The van der Waals surface area contributed by atoms with Crippen LogP contribution in [-0.2, 0) is 4.79 Å². The lowest BCUT2D eigenvalue weighted by Gasteiger charge is -2.21. The first kappa shape index (κ1) is 19.8. The molecule has 9 heteroatoms. The number of rotatable bonds is 6. The van der Waals surface area contributed by atoms with Crippen LogP contribution in [0.3, 0.4) is 0 Å². The highest BCUT2D eigenvalue weighted by Crippen LogP contribution is 2.34. The zero-order chi connectivity index (χ0) is 20.3. The van der Waals surface area contributed by atoms with Crippen LogP contribution in [0.1, 0.15) is 0 Å². The predicted molar refractivity (Wildman–Crippen MR) is 104 cm³/mol. The molecular weight excluding hydrogens is 389 g/mol. The number of nitrogens with zero attached hydrogens (tertiary/aromatic N) is 2. The largest absolute Gasteiger partial charge is 0.497 e. The lowest BCUT2D eigenvalue weighted by molar-refractivity contribution is -0.116. The van der Waals surface area contributed by atoms with Gasteiger partial charge in [-0.15, -0.1) is 0 Å². The summed E-state index contributed by atoms with van der Waals surface area (Å²) < 4.78 is 23.8. The number of hydrogen-bond acceptors (Lipinski definition) is 4. The molecule has 28 heavy (non-hydrogen) atoms. The summed E-state index contributed by atoms with van der Waals surface area (Å²) >= 11 is 5.71. The van der Waals surface area contributed by atoms with Crippen LogP contribution in [0.15, 0.2) is 36.4 Å². The number of carbonyl (C=O) groups excluding carboxylic acids is 2. The molecule has 1 fully saturated rings. The van der Waals surface area contributed by atoms with Gasteiger partial charge in [0.2, 0.25) is 5.91 Å². The summed E-state index contributed by atoms with van der Waals surface area (Å²) in [6.45, 7) is 0.630. The van der Waals surface area contributed by atoms with E-state index in [-0.39, 0.29) is 17.6 Å². The second kappa shape index (κ2) is 8.35. The van der Waals surface area contributed by atoms with E-state index in [0.717, 1.165) is 6.07 Å². The van der Waals surface area contributed by atoms with E-state index in [1.807, 2.05) is 0 Å². The van der Waals surface area contributed by atoms with Gasteiger partial charge in [-0.2, -0.15) is 0 Å². The number of halogens is 2. The van der Waals surface area contributed by atoms with Crippen molar-refractivity contribution in [1.82, 2.24) is 4.90 Å². The van der Waals surface area contributed by atoms with E-state index in [4.69, 9.17) is 21.1 Å². The molecule has 2 aromatic carbocycles. The standard InChI is InChI=1S/C19H19ClFN3O4/c1-27-13-4-6-17(28-2)16(10-13)24-8-7-23(19(24)26)11-18(25)22-12-3-5-15(21)14(20)9-12/h3-6,9-10H,7-8,11H2,1-2H3,(H,22,25). The number of amides is 3. The van der Waals surface area contributed by atoms with E-state index in [0.29, 0.717) is 36.0 Å². The molecular formula is C19H19ClFN3O4. The fourth-order valence-corrected chi connectivity index (χ4v) is 3.09. The number of hydrogen-bond donors (Lipinski definition) is 1. The molecule has 0 spiro atoms. The molecule has 1 saturated heterocycles. The topological polar surface area (TPSA) is 71.1 Å². The lowest BCUT2D eigenvalue weighted by atomic mass is 10.2. The summed E-state index contributed by atoms with van der Waals surface area (Å²) in [5.41, 5.74) is 0.925. The molecule has 0 radical (unpaired) electrons. The number of anilines is 2. The number of carbonyl (C=O) groups is 2. The first-order chi connectivity index (χ1) is 13.4. The van der Waals surface area contributed by atoms with Crippen LogP contribution < -0.4 is 19.7 Å². The quantitative estimate of drug-likeness (QED) is 0.797. The van der Waals surface area contributed by atoms with Gasteiger partial charge in [-0.25, -0.2) is 9.18 Å². The predicted octanol–water partition coefficient (Wildman–Crippen LogP) is 3.38. The van der Waals surface area contributed by atoms with E-state index in [1.165, 1.54) is 36.2 Å². The molecule has 3 rings (SSSR count). The van der Waals surface area contributed by atoms with Crippen LogP contribution in [0, 0.1) is 5.82 Å². The highest BCUT2D eigenvalue weighted by molar-refractivity contribution is 6.31. The van der Waals surface area contributed by atoms with Gasteiger partial charge >= 0.3 is 6.03 Å². The second-order valence-electron chi connectivity index (χ2n) is 6.07. The normalized spacial score (nSPS) is 13.6. The van der Waals surface area contributed by atoms with E-state index < -0.39 is 11.7 Å². The molecule has 7 nitrogen and oxygen atoms in total. The Morgan fingerprint density at radius 3 is 2.64 bits per heavy atom. The first-order valence-electron chi connectivity index (χ1n) is 8.46. The number of urea groups is 1. The molecule has 0 aromatic heterocycles. The van der Waals surface area contributed by atoms with Gasteiger partial charge < -0.3 is 19.7 Å². The van der Waals surface area contributed by atoms with Crippen molar-refractivity contribution in [3.8, 4) is 11.5 Å². The van der Waals surface area contributed by atoms with Crippen LogP contribution in [0.2, 0.25) is 5.02 Å². The van der Waals surface area contributed by atoms with Crippen molar-refractivity contribution in [3.05, 3.63) is 47.2 Å². The molecule has 0 bridgehead atoms. The van der Waals surface area contributed by atoms with Crippen LogP contribution in [-0.4, -0.2) is 50.7 Å². The monoisotopic (exact) mass is 407 g/mol. The van der Waals surface area contributed by atoms with Crippen LogP contribution in [0.4, 0.5) is 20.6 Å². The third-order valence-corrected chi connectivity index (χ3v) is 4.60. The Labute approximate surface area is 166 Å². The Morgan fingerprint density at radius 1 is 1.18 bits per heavy atom. The Hall–Kier alpha value is -3.00. The first-order valence-corrected chi connectivity index (χ1v) is 8.84. The number of nitrogens with one attached hydrogen (secondary N) is 1. The van der Waals surface area contributed by atoms with E-state index in [9.17, 15) is 14.0 Å². The van der Waals surface area contributed by atoms with E-state index in [2.05, 4.69) is 5.32 Å². The third-order valence-electron chi connectivity index (χ3n) is 4.31. The molecule has 1 aliphatic rings. The molecule has 0 unspecified atom stereocenters. The SMILES string of the molecule is COc1ccc(OC)c(N2CCN(CC(=O)Nc3ccc(F)c(Cl)c3)C2=O)c1. The van der Waals surface area contributed by atoms with Crippen molar-refractivity contribution in [2.75, 3.05) is 44.1 Å². The van der Waals surface area contributed by atoms with Gasteiger partial charge in [0, 0.05) is 24.8 Å². The summed E-state index contributed by atoms with van der Waals surface area (Å²) in [5.74, 6) is 0.141. The summed E-state index contributed by atoms with van der Waals surface area (Å²) in [7, 11) is 3.06. The summed E-state index contributed by atoms with van der Waals surface area (Å²) in [4.78, 5) is 28.0. The Balaban J connectivity index is 1.68. The molecule has 1 heterocycles. The maximum Gasteiger partial charge on any atom is 0.325 e. The highest BCUT2D eigenvalue weighted by Gasteiger charge is 2.32. The molecule has 0 atom stereocenters.